The first-order valence-corrected chi connectivity index (χ1v) is 10.1. The maximum Gasteiger partial charge on any atom is 0.170 e. The number of aromatic hydroxyl groups is 3. The Morgan fingerprint density at radius 2 is 1.56 bits per heavy atom. The average molecular weight is 437 g/mol. The molecular formula is C26H28O6. The van der Waals surface area contributed by atoms with Crippen molar-refractivity contribution in [2.24, 2.45) is 0 Å². The quantitative estimate of drug-likeness (QED) is 0.405. The smallest absolute Gasteiger partial charge is 0.170 e. The van der Waals surface area contributed by atoms with Crippen molar-refractivity contribution in [3.05, 3.63) is 59.7 Å². The van der Waals surface area contributed by atoms with Gasteiger partial charge in [-0.05, 0) is 73.9 Å². The van der Waals surface area contributed by atoms with Crippen molar-refractivity contribution in [2.45, 2.75) is 20.8 Å². The second-order valence-electron chi connectivity index (χ2n) is 7.66. The molecule has 0 bridgehead atoms. The fourth-order valence-corrected chi connectivity index (χ4v) is 3.51. The van der Waals surface area contributed by atoms with E-state index in [0.717, 1.165) is 11.1 Å². The van der Waals surface area contributed by atoms with E-state index in [2.05, 4.69) is 0 Å². The third kappa shape index (κ3) is 4.59. The molecule has 168 valence electrons. The summed E-state index contributed by atoms with van der Waals surface area (Å²) in [5.41, 5.74) is 4.12. The van der Waals surface area contributed by atoms with Crippen LogP contribution in [0, 0.1) is 6.92 Å². The summed E-state index contributed by atoms with van der Waals surface area (Å²) in [4.78, 5) is 0. The van der Waals surface area contributed by atoms with Crippen LogP contribution in [0.4, 0.5) is 0 Å². The highest BCUT2D eigenvalue weighted by Gasteiger charge is 2.23. The molecule has 3 rings (SSSR count). The first-order valence-electron chi connectivity index (χ1n) is 10.1. The van der Waals surface area contributed by atoms with Crippen molar-refractivity contribution >= 4 is 0 Å². The van der Waals surface area contributed by atoms with E-state index >= 15 is 0 Å². The van der Waals surface area contributed by atoms with Gasteiger partial charge in [-0.15, -0.1) is 0 Å². The number of ether oxygens (including phenoxy) is 3. The van der Waals surface area contributed by atoms with E-state index in [9.17, 15) is 15.3 Å². The van der Waals surface area contributed by atoms with Crippen molar-refractivity contribution in [1.29, 1.82) is 0 Å². The molecular weight excluding hydrogens is 408 g/mol. The van der Waals surface area contributed by atoms with Crippen LogP contribution in [0.3, 0.4) is 0 Å². The minimum atomic E-state index is -0.119. The van der Waals surface area contributed by atoms with Gasteiger partial charge in [0.2, 0.25) is 0 Å². The Labute approximate surface area is 187 Å². The Kier molecular flexibility index (Phi) is 6.83. The molecule has 0 unspecified atom stereocenters. The van der Waals surface area contributed by atoms with Crippen LogP contribution in [0.15, 0.2) is 54.1 Å². The summed E-state index contributed by atoms with van der Waals surface area (Å²) >= 11 is 0. The lowest BCUT2D eigenvalue weighted by Crippen LogP contribution is -1.99. The maximum atomic E-state index is 11.1. The number of hydrogen-bond acceptors (Lipinski definition) is 6. The van der Waals surface area contributed by atoms with Crippen LogP contribution < -0.4 is 14.2 Å². The van der Waals surface area contributed by atoms with Crippen molar-refractivity contribution in [3.8, 4) is 56.8 Å². The molecule has 0 amide bonds. The lowest BCUT2D eigenvalue weighted by atomic mass is 9.95. The molecule has 0 radical (unpaired) electrons. The Hall–Kier alpha value is -3.80. The van der Waals surface area contributed by atoms with E-state index in [0.29, 0.717) is 40.4 Å². The normalized spacial score (nSPS) is 10.5. The van der Waals surface area contributed by atoms with E-state index in [1.807, 2.05) is 32.9 Å². The van der Waals surface area contributed by atoms with Crippen LogP contribution in [0.25, 0.3) is 22.3 Å². The van der Waals surface area contributed by atoms with Gasteiger partial charge in [0.1, 0.15) is 18.1 Å². The lowest BCUT2D eigenvalue weighted by Gasteiger charge is -2.19. The number of phenols is 3. The standard InChI is InChI=1S/C26H28O6/c1-15(2)10-11-32-25-16(3)12-18(13-21(25)28)23-22(30-4)14-20(26(31-5)24(23)29)17-6-8-19(27)9-7-17/h6-10,12-14,27-29H,11H2,1-5H3. The molecule has 0 atom stereocenters. The van der Waals surface area contributed by atoms with Gasteiger partial charge in [0.05, 0.1) is 19.8 Å². The van der Waals surface area contributed by atoms with Crippen LogP contribution in [0.2, 0.25) is 0 Å². The minimum absolute atomic E-state index is 0.0369. The summed E-state index contributed by atoms with van der Waals surface area (Å²) in [5, 5.41) is 31.3. The van der Waals surface area contributed by atoms with E-state index in [1.165, 1.54) is 20.3 Å². The largest absolute Gasteiger partial charge is 0.508 e. The van der Waals surface area contributed by atoms with Crippen LogP contribution in [-0.2, 0) is 0 Å². The van der Waals surface area contributed by atoms with Crippen LogP contribution >= 0.6 is 0 Å². The highest BCUT2D eigenvalue weighted by molar-refractivity contribution is 5.88. The molecule has 0 saturated carbocycles. The molecule has 3 aromatic rings. The van der Waals surface area contributed by atoms with Gasteiger partial charge in [0.15, 0.2) is 23.0 Å². The Morgan fingerprint density at radius 1 is 0.875 bits per heavy atom. The molecule has 0 fully saturated rings. The molecule has 3 N–H and O–H groups in total. The van der Waals surface area contributed by atoms with E-state index in [1.54, 1.807) is 30.3 Å². The number of aryl methyl sites for hydroxylation is 1. The summed E-state index contributed by atoms with van der Waals surface area (Å²) in [7, 11) is 2.98. The zero-order chi connectivity index (χ0) is 23.4. The average Bonchev–Trinajstić information content (AvgIpc) is 2.75. The zero-order valence-electron chi connectivity index (χ0n) is 18.9. The summed E-state index contributed by atoms with van der Waals surface area (Å²) in [6, 6.07) is 11.7. The predicted molar refractivity (Wildman–Crippen MR) is 125 cm³/mol. The number of hydrogen-bond donors (Lipinski definition) is 3. The van der Waals surface area contributed by atoms with Gasteiger partial charge in [0, 0.05) is 5.56 Å². The number of allylic oxidation sites excluding steroid dienone is 1. The number of benzene rings is 3. The first-order chi connectivity index (χ1) is 15.3. The molecule has 0 saturated heterocycles. The molecule has 32 heavy (non-hydrogen) atoms. The SMILES string of the molecule is COc1cc(-c2ccc(O)cc2)c(OC)c(O)c1-c1cc(C)c(OCC=C(C)C)c(O)c1. The van der Waals surface area contributed by atoms with Crippen molar-refractivity contribution in [3.63, 3.8) is 0 Å². The maximum absolute atomic E-state index is 11.1. The molecule has 6 nitrogen and oxygen atoms in total. The van der Waals surface area contributed by atoms with Gasteiger partial charge in [-0.2, -0.15) is 0 Å². The monoisotopic (exact) mass is 436 g/mol. The Balaban J connectivity index is 2.13. The van der Waals surface area contributed by atoms with E-state index in [-0.39, 0.29) is 23.0 Å². The highest BCUT2D eigenvalue weighted by Crippen LogP contribution is 2.50. The number of phenolic OH excluding ortho intramolecular Hbond substituents is 3. The summed E-state index contributed by atoms with van der Waals surface area (Å²) in [5.74, 6) is 1.03. The van der Waals surface area contributed by atoms with Crippen LogP contribution in [-0.4, -0.2) is 36.1 Å². The van der Waals surface area contributed by atoms with Crippen LogP contribution in [0.1, 0.15) is 19.4 Å². The molecule has 0 aliphatic rings. The topological polar surface area (TPSA) is 88.4 Å². The van der Waals surface area contributed by atoms with Crippen LogP contribution in [0.5, 0.6) is 34.5 Å². The molecule has 0 aliphatic carbocycles. The third-order valence-corrected chi connectivity index (χ3v) is 5.08. The van der Waals surface area contributed by atoms with Crippen molar-refractivity contribution < 1.29 is 29.5 Å². The molecule has 0 aliphatic heterocycles. The predicted octanol–water partition coefficient (Wildman–Crippen LogP) is 5.81. The molecule has 0 aromatic heterocycles. The van der Waals surface area contributed by atoms with Crippen molar-refractivity contribution in [1.82, 2.24) is 0 Å². The minimum Gasteiger partial charge on any atom is -0.508 e. The van der Waals surface area contributed by atoms with E-state index < -0.39 is 0 Å². The Morgan fingerprint density at radius 3 is 2.12 bits per heavy atom. The third-order valence-electron chi connectivity index (χ3n) is 5.08. The molecule has 6 heteroatoms. The zero-order valence-corrected chi connectivity index (χ0v) is 18.9. The van der Waals surface area contributed by atoms with Gasteiger partial charge in [-0.3, -0.25) is 0 Å². The molecule has 3 aromatic carbocycles. The van der Waals surface area contributed by atoms with Gasteiger partial charge in [0.25, 0.3) is 0 Å². The fourth-order valence-electron chi connectivity index (χ4n) is 3.51. The number of methoxy groups -OCH3 is 2. The molecule has 0 heterocycles. The summed E-state index contributed by atoms with van der Waals surface area (Å²) in [6.45, 7) is 6.12. The van der Waals surface area contributed by atoms with E-state index in [4.69, 9.17) is 14.2 Å². The van der Waals surface area contributed by atoms with Gasteiger partial charge >= 0.3 is 0 Å². The summed E-state index contributed by atoms with van der Waals surface area (Å²) < 4.78 is 16.8. The highest BCUT2D eigenvalue weighted by atomic mass is 16.5. The first kappa shape index (κ1) is 22.9. The second-order valence-corrected chi connectivity index (χ2v) is 7.66. The van der Waals surface area contributed by atoms with Gasteiger partial charge < -0.3 is 29.5 Å². The molecule has 0 spiro atoms. The van der Waals surface area contributed by atoms with Gasteiger partial charge in [-0.25, -0.2) is 0 Å². The Bertz CT molecular complexity index is 1120. The van der Waals surface area contributed by atoms with Gasteiger partial charge in [-0.1, -0.05) is 17.7 Å². The lowest BCUT2D eigenvalue weighted by molar-refractivity contribution is 0.333. The fraction of sp³-hybridized carbons (Fsp3) is 0.231. The number of rotatable bonds is 7. The second kappa shape index (κ2) is 9.56. The summed E-state index contributed by atoms with van der Waals surface area (Å²) in [6.07, 6.45) is 1.93. The van der Waals surface area contributed by atoms with Crippen molar-refractivity contribution in [2.75, 3.05) is 20.8 Å².